The smallest absolute Gasteiger partial charge is 0.294 e. The summed E-state index contributed by atoms with van der Waals surface area (Å²) < 4.78 is 5.39. The number of ether oxygens (including phenoxy) is 1. The summed E-state index contributed by atoms with van der Waals surface area (Å²) in [6, 6.07) is 21.1. The average molecular weight is 474 g/mol. The zero-order valence-corrected chi connectivity index (χ0v) is 19.2. The van der Waals surface area contributed by atoms with Gasteiger partial charge in [-0.25, -0.2) is 0 Å². The number of nitrogens with one attached hydrogen (secondary N) is 1. The fraction of sp³-hybridized carbons (Fsp3) is 0.192. The molecule has 0 spiro atoms. The lowest BCUT2D eigenvalue weighted by molar-refractivity contribution is -0.127. The number of hydrogen-bond donors (Lipinski definition) is 1. The topological polar surface area (TPSA) is 79.0 Å². The van der Waals surface area contributed by atoms with Gasteiger partial charge in [-0.1, -0.05) is 48.5 Å². The molecule has 8 heteroatoms. The Morgan fingerprint density at radius 2 is 1.71 bits per heavy atom. The van der Waals surface area contributed by atoms with Gasteiger partial charge in [0.15, 0.2) is 0 Å². The molecular weight excluding hydrogens is 450 g/mol. The third kappa shape index (κ3) is 4.69. The molecule has 0 aliphatic carbocycles. The van der Waals surface area contributed by atoms with E-state index in [-0.39, 0.29) is 6.54 Å². The van der Waals surface area contributed by atoms with Gasteiger partial charge in [0.25, 0.3) is 11.1 Å². The summed E-state index contributed by atoms with van der Waals surface area (Å²) in [5.41, 5.74) is 2.56. The Morgan fingerprint density at radius 3 is 2.50 bits per heavy atom. The van der Waals surface area contributed by atoms with Crippen LogP contribution in [0.1, 0.15) is 5.56 Å². The van der Waals surface area contributed by atoms with E-state index >= 15 is 0 Å². The molecule has 0 aromatic heterocycles. The molecule has 7 nitrogen and oxygen atoms in total. The second-order valence-electron chi connectivity index (χ2n) is 8.03. The van der Waals surface area contributed by atoms with E-state index in [0.717, 1.165) is 51.8 Å². The van der Waals surface area contributed by atoms with Crippen molar-refractivity contribution in [1.29, 1.82) is 0 Å². The Balaban J connectivity index is 1.25. The molecule has 2 saturated heterocycles. The Kier molecular flexibility index (Phi) is 6.33. The highest BCUT2D eigenvalue weighted by atomic mass is 32.2. The molecule has 5 rings (SSSR count). The van der Waals surface area contributed by atoms with Crippen LogP contribution < -0.4 is 10.2 Å². The first-order valence-corrected chi connectivity index (χ1v) is 11.9. The molecule has 2 heterocycles. The van der Waals surface area contributed by atoms with Gasteiger partial charge in [0.05, 0.1) is 18.1 Å². The van der Waals surface area contributed by atoms with Crippen LogP contribution in [-0.4, -0.2) is 54.8 Å². The van der Waals surface area contributed by atoms with Crippen LogP contribution in [0.5, 0.6) is 0 Å². The Hall–Kier alpha value is -3.62. The number of rotatable bonds is 5. The summed E-state index contributed by atoms with van der Waals surface area (Å²) in [6.45, 7) is 2.78. The quantitative estimate of drug-likeness (QED) is 0.555. The minimum Gasteiger partial charge on any atom is -0.378 e. The molecule has 34 heavy (non-hydrogen) atoms. The fourth-order valence-electron chi connectivity index (χ4n) is 4.06. The van der Waals surface area contributed by atoms with Crippen molar-refractivity contribution in [2.75, 3.05) is 43.1 Å². The molecule has 0 unspecified atom stereocenters. The number of thioether (sulfide) groups is 1. The van der Waals surface area contributed by atoms with E-state index in [0.29, 0.717) is 23.8 Å². The number of morpholine rings is 1. The first kappa shape index (κ1) is 22.2. The monoisotopic (exact) mass is 473 g/mol. The average Bonchev–Trinajstić information content (AvgIpc) is 3.12. The van der Waals surface area contributed by atoms with Crippen LogP contribution in [0, 0.1) is 0 Å². The van der Waals surface area contributed by atoms with E-state index in [2.05, 4.69) is 10.2 Å². The van der Waals surface area contributed by atoms with Crippen molar-refractivity contribution in [1.82, 2.24) is 4.90 Å². The maximum atomic E-state index is 12.8. The van der Waals surface area contributed by atoms with Gasteiger partial charge in [0.2, 0.25) is 5.91 Å². The van der Waals surface area contributed by atoms with Crippen LogP contribution in [0.3, 0.4) is 0 Å². The predicted octanol–water partition coefficient (Wildman–Crippen LogP) is 4.35. The van der Waals surface area contributed by atoms with Crippen molar-refractivity contribution in [2.45, 2.75) is 0 Å². The lowest BCUT2D eigenvalue weighted by Crippen LogP contribution is -2.36. The van der Waals surface area contributed by atoms with Crippen LogP contribution in [0.2, 0.25) is 0 Å². The van der Waals surface area contributed by atoms with Crippen molar-refractivity contribution >= 4 is 57.0 Å². The number of imide groups is 1. The number of amides is 3. The third-order valence-electron chi connectivity index (χ3n) is 5.81. The van der Waals surface area contributed by atoms with E-state index in [9.17, 15) is 14.4 Å². The van der Waals surface area contributed by atoms with Crippen molar-refractivity contribution in [3.63, 3.8) is 0 Å². The van der Waals surface area contributed by atoms with E-state index in [1.807, 2.05) is 60.7 Å². The van der Waals surface area contributed by atoms with Crippen molar-refractivity contribution in [3.05, 3.63) is 77.2 Å². The van der Waals surface area contributed by atoms with Crippen LogP contribution in [-0.2, 0) is 14.3 Å². The van der Waals surface area contributed by atoms with E-state index in [1.165, 1.54) is 0 Å². The molecule has 1 N–H and O–H groups in total. The molecule has 3 aromatic rings. The highest BCUT2D eigenvalue weighted by molar-refractivity contribution is 8.18. The maximum Gasteiger partial charge on any atom is 0.294 e. The normalized spacial score (nSPS) is 17.6. The number of benzene rings is 3. The summed E-state index contributed by atoms with van der Waals surface area (Å²) >= 11 is 0.851. The SMILES string of the molecule is O=C(CN1C(=O)S/C(=C/c2ccc(N3CCOCC3)cc2)C1=O)Nc1cccc2ccccc12. The second-order valence-corrected chi connectivity index (χ2v) is 9.03. The van der Waals surface area contributed by atoms with Crippen molar-refractivity contribution < 1.29 is 19.1 Å². The zero-order valence-electron chi connectivity index (χ0n) is 18.4. The van der Waals surface area contributed by atoms with E-state index in [4.69, 9.17) is 4.74 Å². The summed E-state index contributed by atoms with van der Waals surface area (Å²) in [5, 5.41) is 4.27. The maximum absolute atomic E-state index is 12.8. The fourth-order valence-corrected chi connectivity index (χ4v) is 4.90. The lowest BCUT2D eigenvalue weighted by atomic mass is 10.1. The van der Waals surface area contributed by atoms with Gasteiger partial charge in [-0.3, -0.25) is 19.3 Å². The standard InChI is InChI=1S/C26H23N3O4S/c30-24(27-22-7-3-5-19-4-1-2-6-21(19)22)17-29-25(31)23(34-26(29)32)16-18-8-10-20(11-9-18)28-12-14-33-15-13-28/h1-11,16H,12-15,17H2,(H,27,30)/b23-16+. The van der Waals surface area contributed by atoms with Crippen LogP contribution in [0.25, 0.3) is 16.8 Å². The molecule has 2 fully saturated rings. The van der Waals surface area contributed by atoms with Crippen LogP contribution in [0.15, 0.2) is 71.6 Å². The number of hydrogen-bond acceptors (Lipinski definition) is 6. The molecule has 172 valence electrons. The molecule has 3 amide bonds. The molecule has 2 aliphatic heterocycles. The van der Waals surface area contributed by atoms with Crippen LogP contribution >= 0.6 is 11.8 Å². The van der Waals surface area contributed by atoms with Gasteiger partial charge in [0, 0.05) is 29.9 Å². The number of anilines is 2. The first-order valence-electron chi connectivity index (χ1n) is 11.0. The molecule has 0 bridgehead atoms. The lowest BCUT2D eigenvalue weighted by Gasteiger charge is -2.28. The third-order valence-corrected chi connectivity index (χ3v) is 6.71. The first-order chi connectivity index (χ1) is 16.6. The van der Waals surface area contributed by atoms with Crippen molar-refractivity contribution in [2.24, 2.45) is 0 Å². The Bertz CT molecular complexity index is 1280. The molecule has 0 saturated carbocycles. The number of fused-ring (bicyclic) bond motifs is 1. The summed E-state index contributed by atoms with van der Waals surface area (Å²) in [5.74, 6) is -0.880. The largest absolute Gasteiger partial charge is 0.378 e. The minimum absolute atomic E-state index is 0.307. The predicted molar refractivity (Wildman–Crippen MR) is 135 cm³/mol. The highest BCUT2D eigenvalue weighted by Crippen LogP contribution is 2.32. The number of nitrogens with zero attached hydrogens (tertiary/aromatic N) is 2. The Labute approximate surface area is 201 Å². The van der Waals surface area contributed by atoms with E-state index < -0.39 is 17.1 Å². The summed E-state index contributed by atoms with van der Waals surface area (Å²) in [6.07, 6.45) is 1.69. The molecular formula is C26H23N3O4S. The number of carbonyl (C=O) groups is 3. The van der Waals surface area contributed by atoms with E-state index in [1.54, 1.807) is 12.1 Å². The van der Waals surface area contributed by atoms with Crippen LogP contribution in [0.4, 0.5) is 16.2 Å². The van der Waals surface area contributed by atoms with Gasteiger partial charge in [-0.15, -0.1) is 0 Å². The summed E-state index contributed by atoms with van der Waals surface area (Å²) in [7, 11) is 0. The molecule has 0 atom stereocenters. The second kappa shape index (κ2) is 9.70. The highest BCUT2D eigenvalue weighted by Gasteiger charge is 2.36. The summed E-state index contributed by atoms with van der Waals surface area (Å²) in [4.78, 5) is 41.5. The van der Waals surface area contributed by atoms with Gasteiger partial charge in [-0.2, -0.15) is 0 Å². The van der Waals surface area contributed by atoms with Gasteiger partial charge in [0.1, 0.15) is 6.54 Å². The Morgan fingerprint density at radius 1 is 0.971 bits per heavy atom. The van der Waals surface area contributed by atoms with Gasteiger partial charge >= 0.3 is 0 Å². The molecule has 2 aliphatic rings. The number of carbonyl (C=O) groups excluding carboxylic acids is 3. The molecule has 3 aromatic carbocycles. The van der Waals surface area contributed by atoms with Crippen molar-refractivity contribution in [3.8, 4) is 0 Å². The minimum atomic E-state index is -0.458. The van der Waals surface area contributed by atoms with Gasteiger partial charge < -0.3 is 15.0 Å². The zero-order chi connectivity index (χ0) is 23.5. The van der Waals surface area contributed by atoms with Gasteiger partial charge in [-0.05, 0) is 47.0 Å². The molecule has 0 radical (unpaired) electrons.